The van der Waals surface area contributed by atoms with Crippen LogP contribution in [-0.2, 0) is 14.6 Å². The topological polar surface area (TPSA) is 49.9 Å². The lowest BCUT2D eigenvalue weighted by Gasteiger charge is -2.39. The van der Waals surface area contributed by atoms with E-state index < -0.39 is 9.84 Å². The molecular weight excluding hydrogens is 240 g/mol. The first-order chi connectivity index (χ1) is 7.92. The molecule has 5 nitrogen and oxygen atoms in total. The molecule has 0 unspecified atom stereocenters. The number of rotatable bonds is 6. The molecular formula is C11H24N2O3S. The van der Waals surface area contributed by atoms with E-state index in [4.69, 9.17) is 4.74 Å². The van der Waals surface area contributed by atoms with Gasteiger partial charge in [-0.05, 0) is 6.92 Å². The standard InChI is InChI=1S/C11H24N2O3S/c1-11-10-12(7-9-17(3,14)15)4-5-13(11)6-8-16-2/h11H,4-10H2,1-3H3/t11-/m0/s1. The third-order valence-electron chi connectivity index (χ3n) is 3.21. The summed E-state index contributed by atoms with van der Waals surface area (Å²) in [5, 5.41) is 0. The van der Waals surface area contributed by atoms with Gasteiger partial charge in [0.05, 0.1) is 12.4 Å². The number of piperazine rings is 1. The Kier molecular flexibility index (Phi) is 5.85. The first-order valence-electron chi connectivity index (χ1n) is 6.05. The van der Waals surface area contributed by atoms with Gasteiger partial charge in [-0.2, -0.15) is 0 Å². The van der Waals surface area contributed by atoms with E-state index in [2.05, 4.69) is 16.7 Å². The van der Waals surface area contributed by atoms with Gasteiger partial charge in [-0.25, -0.2) is 8.42 Å². The maximum absolute atomic E-state index is 11.1. The van der Waals surface area contributed by atoms with Crippen molar-refractivity contribution in [1.29, 1.82) is 0 Å². The average Bonchev–Trinajstić information content (AvgIpc) is 2.24. The number of nitrogens with zero attached hydrogens (tertiary/aromatic N) is 2. The highest BCUT2D eigenvalue weighted by molar-refractivity contribution is 7.90. The highest BCUT2D eigenvalue weighted by atomic mass is 32.2. The molecule has 0 bridgehead atoms. The smallest absolute Gasteiger partial charge is 0.148 e. The van der Waals surface area contributed by atoms with Crippen molar-refractivity contribution in [2.45, 2.75) is 13.0 Å². The maximum atomic E-state index is 11.1. The molecule has 0 aliphatic carbocycles. The SMILES string of the molecule is COCCN1CCN(CCS(C)(=O)=O)C[C@@H]1C. The highest BCUT2D eigenvalue weighted by Crippen LogP contribution is 2.09. The Morgan fingerprint density at radius 2 is 2.00 bits per heavy atom. The Morgan fingerprint density at radius 3 is 2.53 bits per heavy atom. The third kappa shape index (κ3) is 5.81. The first kappa shape index (κ1) is 14.9. The molecule has 0 spiro atoms. The second-order valence-electron chi connectivity index (χ2n) is 4.81. The Hall–Kier alpha value is -0.170. The van der Waals surface area contributed by atoms with Crippen molar-refractivity contribution in [3.05, 3.63) is 0 Å². The molecule has 17 heavy (non-hydrogen) atoms. The summed E-state index contributed by atoms with van der Waals surface area (Å²) in [7, 11) is -1.13. The molecule has 1 aliphatic rings. The van der Waals surface area contributed by atoms with E-state index >= 15 is 0 Å². The first-order valence-corrected chi connectivity index (χ1v) is 8.11. The molecule has 1 heterocycles. The predicted molar refractivity (Wildman–Crippen MR) is 69.1 cm³/mol. The molecule has 0 aromatic carbocycles. The van der Waals surface area contributed by atoms with E-state index in [0.29, 0.717) is 12.6 Å². The largest absolute Gasteiger partial charge is 0.383 e. The van der Waals surface area contributed by atoms with Crippen LogP contribution in [0.15, 0.2) is 0 Å². The lowest BCUT2D eigenvalue weighted by molar-refractivity contribution is 0.0617. The van der Waals surface area contributed by atoms with E-state index in [9.17, 15) is 8.42 Å². The van der Waals surface area contributed by atoms with Gasteiger partial charge in [0.15, 0.2) is 0 Å². The van der Waals surface area contributed by atoms with E-state index in [1.165, 1.54) is 6.26 Å². The van der Waals surface area contributed by atoms with Crippen LogP contribution in [-0.4, -0.2) is 82.7 Å². The molecule has 0 amide bonds. The van der Waals surface area contributed by atoms with Gasteiger partial charge < -0.3 is 4.74 Å². The zero-order valence-corrected chi connectivity index (χ0v) is 11.9. The van der Waals surface area contributed by atoms with Crippen LogP contribution in [0.5, 0.6) is 0 Å². The maximum Gasteiger partial charge on any atom is 0.148 e. The van der Waals surface area contributed by atoms with Crippen LogP contribution in [0.3, 0.4) is 0 Å². The summed E-state index contributed by atoms with van der Waals surface area (Å²) >= 11 is 0. The number of sulfone groups is 1. The van der Waals surface area contributed by atoms with Crippen molar-refractivity contribution in [2.75, 3.05) is 58.4 Å². The molecule has 0 radical (unpaired) electrons. The van der Waals surface area contributed by atoms with Gasteiger partial charge in [-0.3, -0.25) is 9.80 Å². The minimum absolute atomic E-state index is 0.262. The van der Waals surface area contributed by atoms with Gasteiger partial charge in [0, 0.05) is 52.1 Å². The quantitative estimate of drug-likeness (QED) is 0.658. The lowest BCUT2D eigenvalue weighted by Crippen LogP contribution is -2.53. The molecule has 0 N–H and O–H groups in total. The van der Waals surface area contributed by atoms with Gasteiger partial charge in [0.25, 0.3) is 0 Å². The lowest BCUT2D eigenvalue weighted by atomic mass is 10.2. The fourth-order valence-electron chi connectivity index (χ4n) is 2.11. The van der Waals surface area contributed by atoms with Gasteiger partial charge in [-0.1, -0.05) is 0 Å². The summed E-state index contributed by atoms with van der Waals surface area (Å²) in [6.07, 6.45) is 1.30. The molecule has 1 saturated heterocycles. The second kappa shape index (κ2) is 6.68. The number of methoxy groups -OCH3 is 1. The predicted octanol–water partition coefficient (Wildman–Crippen LogP) is -0.316. The van der Waals surface area contributed by atoms with Crippen molar-refractivity contribution in [2.24, 2.45) is 0 Å². The van der Waals surface area contributed by atoms with Crippen molar-refractivity contribution < 1.29 is 13.2 Å². The molecule has 1 atom stereocenters. The van der Waals surface area contributed by atoms with Crippen molar-refractivity contribution in [3.8, 4) is 0 Å². The van der Waals surface area contributed by atoms with Gasteiger partial charge in [0.2, 0.25) is 0 Å². The summed E-state index contributed by atoms with van der Waals surface area (Å²) in [4.78, 5) is 4.62. The molecule has 1 fully saturated rings. The molecule has 1 aliphatic heterocycles. The molecule has 102 valence electrons. The normalized spacial score (nSPS) is 24.1. The molecule has 0 aromatic heterocycles. The van der Waals surface area contributed by atoms with Crippen molar-refractivity contribution in [3.63, 3.8) is 0 Å². The van der Waals surface area contributed by atoms with Crippen LogP contribution >= 0.6 is 0 Å². The van der Waals surface area contributed by atoms with Crippen LogP contribution in [0.1, 0.15) is 6.92 Å². The highest BCUT2D eigenvalue weighted by Gasteiger charge is 2.23. The van der Waals surface area contributed by atoms with E-state index in [1.807, 2.05) is 0 Å². The van der Waals surface area contributed by atoms with Crippen LogP contribution in [0.25, 0.3) is 0 Å². The summed E-state index contributed by atoms with van der Waals surface area (Å²) in [6.45, 7) is 7.44. The Bertz CT molecular complexity index is 319. The molecule has 0 aromatic rings. The number of ether oxygens (including phenoxy) is 1. The fraction of sp³-hybridized carbons (Fsp3) is 1.00. The number of hydrogen-bond donors (Lipinski definition) is 0. The molecule has 1 rings (SSSR count). The minimum atomic E-state index is -2.84. The van der Waals surface area contributed by atoms with Crippen LogP contribution in [0.4, 0.5) is 0 Å². The van der Waals surface area contributed by atoms with Gasteiger partial charge in [0.1, 0.15) is 9.84 Å². The zero-order chi connectivity index (χ0) is 12.9. The Balaban J connectivity index is 2.31. The zero-order valence-electron chi connectivity index (χ0n) is 11.1. The summed E-state index contributed by atoms with van der Waals surface area (Å²) in [6, 6.07) is 0.471. The van der Waals surface area contributed by atoms with Crippen LogP contribution in [0.2, 0.25) is 0 Å². The molecule has 6 heteroatoms. The van der Waals surface area contributed by atoms with E-state index in [1.54, 1.807) is 7.11 Å². The third-order valence-corrected chi connectivity index (χ3v) is 4.13. The van der Waals surface area contributed by atoms with Crippen molar-refractivity contribution in [1.82, 2.24) is 9.80 Å². The fourth-order valence-corrected chi connectivity index (χ4v) is 2.70. The monoisotopic (exact) mass is 264 g/mol. The van der Waals surface area contributed by atoms with Gasteiger partial charge in [-0.15, -0.1) is 0 Å². The van der Waals surface area contributed by atoms with E-state index in [0.717, 1.165) is 32.8 Å². The van der Waals surface area contributed by atoms with E-state index in [-0.39, 0.29) is 5.75 Å². The number of hydrogen-bond acceptors (Lipinski definition) is 5. The minimum Gasteiger partial charge on any atom is -0.383 e. The van der Waals surface area contributed by atoms with Gasteiger partial charge >= 0.3 is 0 Å². The second-order valence-corrected chi connectivity index (χ2v) is 7.07. The molecule has 0 saturated carbocycles. The van der Waals surface area contributed by atoms with Crippen LogP contribution < -0.4 is 0 Å². The summed E-state index contributed by atoms with van der Waals surface area (Å²) in [5.41, 5.74) is 0. The Labute approximate surface area is 105 Å². The summed E-state index contributed by atoms with van der Waals surface area (Å²) in [5.74, 6) is 0.262. The van der Waals surface area contributed by atoms with Crippen molar-refractivity contribution >= 4 is 9.84 Å². The average molecular weight is 264 g/mol. The Morgan fingerprint density at radius 1 is 1.29 bits per heavy atom. The summed E-state index contributed by atoms with van der Waals surface area (Å²) < 4.78 is 27.3. The van der Waals surface area contributed by atoms with Crippen LogP contribution in [0, 0.1) is 0 Å².